The van der Waals surface area contributed by atoms with Crippen molar-refractivity contribution in [1.82, 2.24) is 0 Å². The van der Waals surface area contributed by atoms with Gasteiger partial charge in [0.05, 0.1) is 0 Å². The number of hydrogen-bond acceptors (Lipinski definition) is 0. The van der Waals surface area contributed by atoms with Gasteiger partial charge in [0.2, 0.25) is 0 Å². The fourth-order valence-electron chi connectivity index (χ4n) is 0. The molecule has 0 aliphatic rings. The first kappa shape index (κ1) is 29.0. The van der Waals surface area contributed by atoms with Gasteiger partial charge in [-0.2, -0.15) is 0 Å². The molecule has 0 radical (unpaired) electrons. The Morgan fingerprint density at radius 1 is 0.750 bits per heavy atom. The van der Waals surface area contributed by atoms with E-state index in [0.717, 1.165) is 0 Å². The second-order valence-corrected chi connectivity index (χ2v) is 0. The molecule has 0 amide bonds. The van der Waals surface area contributed by atoms with Gasteiger partial charge in [-0.3, -0.25) is 0 Å². The van der Waals surface area contributed by atoms with Crippen molar-refractivity contribution in [2.24, 2.45) is 0 Å². The molecular formula is CaP2Ti. The van der Waals surface area contributed by atoms with Gasteiger partial charge in [-0.05, 0) is 0 Å². The summed E-state index contributed by atoms with van der Waals surface area (Å²) in [5, 5.41) is 0. The Morgan fingerprint density at radius 2 is 0.750 bits per heavy atom. The molecule has 0 aliphatic heterocycles. The van der Waals surface area contributed by atoms with Crippen LogP contribution in [0.15, 0.2) is 0 Å². The molecular weight excluding hydrogens is 150 g/mol. The van der Waals surface area contributed by atoms with Crippen molar-refractivity contribution in [3.63, 3.8) is 0 Å². The van der Waals surface area contributed by atoms with Crippen LogP contribution in [-0.2, 0) is 21.7 Å². The second kappa shape index (κ2) is 17.0. The quantitative estimate of drug-likeness (QED) is 0.361. The van der Waals surface area contributed by atoms with E-state index in [1.165, 1.54) is 0 Å². The minimum Gasteiger partial charge on any atom is -3.00 e. The molecule has 0 spiro atoms. The first-order chi connectivity index (χ1) is 0. The van der Waals surface area contributed by atoms with Crippen LogP contribution < -0.4 is 0 Å². The van der Waals surface area contributed by atoms with Gasteiger partial charge in [-0.15, -0.1) is 0 Å². The molecule has 0 aromatic carbocycles. The third kappa shape index (κ3) is 8.85. The fraction of sp³-hybridized carbons (Fsp3) is 0. The van der Waals surface area contributed by atoms with Crippen LogP contribution in [0, 0.1) is 0 Å². The predicted molar refractivity (Wildman–Crippen MR) is 19.6 cm³/mol. The molecule has 0 N–H and O–H groups in total. The second-order valence-electron chi connectivity index (χ2n) is 0. The first-order valence-electron chi connectivity index (χ1n) is 0. The van der Waals surface area contributed by atoms with Crippen LogP contribution >= 0.6 is 19.8 Å². The smallest absolute Gasteiger partial charge is 3.00 e. The minimum atomic E-state index is 0. The van der Waals surface area contributed by atoms with E-state index >= 15 is 0 Å². The number of hydrogen-bond donors (Lipinski definition) is 0. The van der Waals surface area contributed by atoms with Crippen LogP contribution in [-0.4, -0.2) is 37.7 Å². The maximum absolute atomic E-state index is 0. The zero-order valence-electron chi connectivity index (χ0n) is 2.10. The summed E-state index contributed by atoms with van der Waals surface area (Å²) in [5.41, 5.74) is 0. The van der Waals surface area contributed by atoms with Gasteiger partial charge >= 0.3 is 59.5 Å². The van der Waals surface area contributed by atoms with Crippen LogP contribution in [0.1, 0.15) is 0 Å². The van der Waals surface area contributed by atoms with Gasteiger partial charge in [0.15, 0.2) is 0 Å². The van der Waals surface area contributed by atoms with Crippen molar-refractivity contribution in [3.05, 3.63) is 0 Å². The largest absolute Gasteiger partial charge is 4.00 e. The zero-order chi connectivity index (χ0) is 0. The third-order valence-corrected chi connectivity index (χ3v) is 0. The summed E-state index contributed by atoms with van der Waals surface area (Å²) in [6.07, 6.45) is 0. The average Bonchev–Trinajstić information content (AvgIpc) is 0. The topological polar surface area (TPSA) is 0 Å². The Balaban J connectivity index is 0. The van der Waals surface area contributed by atoms with Crippen molar-refractivity contribution in [3.8, 4) is 0 Å². The van der Waals surface area contributed by atoms with Crippen LogP contribution in [0.2, 0.25) is 0 Å². The molecule has 0 aliphatic carbocycles. The summed E-state index contributed by atoms with van der Waals surface area (Å²) in [7, 11) is 0. The van der Waals surface area contributed by atoms with Crippen molar-refractivity contribution in [2.45, 2.75) is 0 Å². The Morgan fingerprint density at radius 3 is 0.750 bits per heavy atom. The summed E-state index contributed by atoms with van der Waals surface area (Å²) < 4.78 is 0. The summed E-state index contributed by atoms with van der Waals surface area (Å²) in [4.78, 5) is 0. The van der Waals surface area contributed by atoms with Crippen LogP contribution in [0.3, 0.4) is 0 Å². The van der Waals surface area contributed by atoms with E-state index in [-0.39, 0.29) is 79.3 Å². The monoisotopic (exact) mass is 150 g/mol. The first-order valence-corrected chi connectivity index (χ1v) is 0. The Bertz CT molecular complexity index is 6.00. The third-order valence-electron chi connectivity index (χ3n) is 0. The van der Waals surface area contributed by atoms with Crippen LogP contribution in [0.5, 0.6) is 0 Å². The predicted octanol–water partition coefficient (Wildman–Crippen LogP) is 1.34. The summed E-state index contributed by atoms with van der Waals surface area (Å²) in [6.45, 7) is 0. The minimum absolute atomic E-state index is 0. The maximum Gasteiger partial charge on any atom is 4.00 e. The molecule has 0 aromatic heterocycles. The van der Waals surface area contributed by atoms with Gasteiger partial charge in [-0.1, -0.05) is 0 Å². The molecule has 0 bridgehead atoms. The SMILES string of the molecule is [Ca+2].[P-3].[P-3].[Ti+4]. The Labute approximate surface area is 78.0 Å². The molecule has 0 saturated heterocycles. The standard InChI is InChI=1S/Ca.2P.Ti/q+2;2*-3;+4. The van der Waals surface area contributed by atoms with Crippen molar-refractivity contribution in [2.75, 3.05) is 0 Å². The van der Waals surface area contributed by atoms with Gasteiger partial charge in [0, 0.05) is 0 Å². The molecule has 0 rings (SSSR count). The Hall–Kier alpha value is 2.83. The normalized spacial score (nSPS) is 0. The van der Waals surface area contributed by atoms with Gasteiger partial charge in [0.1, 0.15) is 0 Å². The Kier molecular flexibility index (Phi) is 123. The van der Waals surface area contributed by atoms with Crippen LogP contribution in [0.4, 0.5) is 0 Å². The van der Waals surface area contributed by atoms with Crippen molar-refractivity contribution >= 4 is 57.5 Å². The molecule has 0 nitrogen and oxygen atoms in total. The fourth-order valence-corrected chi connectivity index (χ4v) is 0. The van der Waals surface area contributed by atoms with Gasteiger partial charge < -0.3 is 19.8 Å². The summed E-state index contributed by atoms with van der Waals surface area (Å²) in [5.74, 6) is 0. The molecule has 0 fully saturated rings. The zero-order valence-corrected chi connectivity index (χ0v) is 7.66. The molecule has 0 atom stereocenters. The van der Waals surface area contributed by atoms with Crippen molar-refractivity contribution < 1.29 is 21.7 Å². The molecule has 16 valence electrons. The number of rotatable bonds is 0. The van der Waals surface area contributed by atoms with E-state index in [0.29, 0.717) is 0 Å². The maximum atomic E-state index is 0. The molecule has 0 aromatic rings. The average molecular weight is 150 g/mol. The van der Waals surface area contributed by atoms with Crippen molar-refractivity contribution in [1.29, 1.82) is 0 Å². The molecule has 0 unspecified atom stereocenters. The summed E-state index contributed by atoms with van der Waals surface area (Å²) >= 11 is 0. The van der Waals surface area contributed by atoms with E-state index in [1.807, 2.05) is 0 Å². The summed E-state index contributed by atoms with van der Waals surface area (Å²) in [6, 6.07) is 0. The van der Waals surface area contributed by atoms with Gasteiger partial charge in [0.25, 0.3) is 0 Å². The molecule has 0 heterocycles. The molecule has 4 heavy (non-hydrogen) atoms. The van der Waals surface area contributed by atoms with Gasteiger partial charge in [-0.25, -0.2) is 0 Å². The van der Waals surface area contributed by atoms with E-state index in [1.54, 1.807) is 0 Å². The van der Waals surface area contributed by atoms with E-state index in [9.17, 15) is 0 Å². The van der Waals surface area contributed by atoms with E-state index < -0.39 is 0 Å². The van der Waals surface area contributed by atoms with E-state index in [2.05, 4.69) is 0 Å². The molecule has 4 heteroatoms. The van der Waals surface area contributed by atoms with Crippen LogP contribution in [0.25, 0.3) is 0 Å². The van der Waals surface area contributed by atoms with E-state index in [4.69, 9.17) is 0 Å². The molecule has 0 saturated carbocycles.